The van der Waals surface area contributed by atoms with Gasteiger partial charge in [-0.25, -0.2) is 0 Å². The number of benzene rings is 2. The molecule has 0 aliphatic carbocycles. The van der Waals surface area contributed by atoms with Gasteiger partial charge in [-0.2, -0.15) is 0 Å². The molecule has 2 aromatic carbocycles. The number of aromatic nitrogens is 2. The summed E-state index contributed by atoms with van der Waals surface area (Å²) in [5, 5.41) is 2.29. The Morgan fingerprint density at radius 3 is 2.42 bits per heavy atom. The van der Waals surface area contributed by atoms with Crippen molar-refractivity contribution >= 4 is 16.4 Å². The quantitative estimate of drug-likeness (QED) is 0.333. The molecule has 0 unspecified atom stereocenters. The molecule has 24 heavy (non-hydrogen) atoms. The second-order valence-corrected chi connectivity index (χ2v) is 6.38. The zero-order valence-electron chi connectivity index (χ0n) is 14.3. The maximum Gasteiger partial charge on any atom is 0.0607 e. The fourth-order valence-electron chi connectivity index (χ4n) is 3.66. The van der Waals surface area contributed by atoms with E-state index in [1.54, 1.807) is 0 Å². The minimum absolute atomic E-state index is 0. The Balaban J connectivity index is 0.00000169. The number of rotatable bonds is 1. The van der Waals surface area contributed by atoms with Crippen molar-refractivity contribution in [1.82, 2.24) is 9.38 Å². The van der Waals surface area contributed by atoms with Crippen LogP contribution in [0.2, 0.25) is 0 Å². The summed E-state index contributed by atoms with van der Waals surface area (Å²) < 4.78 is 2.08. The van der Waals surface area contributed by atoms with Gasteiger partial charge in [0.1, 0.15) is 0 Å². The van der Waals surface area contributed by atoms with Crippen molar-refractivity contribution in [3.8, 4) is 11.1 Å². The molecular weight excluding hydrogens is 475 g/mol. The van der Waals surface area contributed by atoms with Gasteiger partial charge in [0, 0.05) is 33.0 Å². The van der Waals surface area contributed by atoms with Gasteiger partial charge in [0.25, 0.3) is 0 Å². The topological polar surface area (TPSA) is 17.3 Å². The number of pyridine rings is 1. The standard InChI is InChI=1S/C21H19N2.Pt/c1-13-10-14(2)20(15(3)11-13)18-6-5-7-19-17(18)8-9-23-12-16(4)22-21(19)23;/h5-6,8-12H,1-4H3;/q-1;. The van der Waals surface area contributed by atoms with Crippen LogP contribution in [0.4, 0.5) is 0 Å². The zero-order valence-corrected chi connectivity index (χ0v) is 16.5. The number of imidazole rings is 1. The maximum atomic E-state index is 4.67. The molecule has 0 aliphatic heterocycles. The summed E-state index contributed by atoms with van der Waals surface area (Å²) >= 11 is 0. The van der Waals surface area contributed by atoms with E-state index >= 15 is 0 Å². The van der Waals surface area contributed by atoms with E-state index in [0.717, 1.165) is 16.7 Å². The molecule has 0 atom stereocenters. The van der Waals surface area contributed by atoms with Gasteiger partial charge in [-0.05, 0) is 50.6 Å². The Morgan fingerprint density at radius 2 is 1.71 bits per heavy atom. The van der Waals surface area contributed by atoms with E-state index in [1.807, 2.05) is 13.0 Å². The molecule has 0 aliphatic rings. The molecule has 3 heteroatoms. The van der Waals surface area contributed by atoms with Crippen LogP contribution in [0.5, 0.6) is 0 Å². The molecule has 0 radical (unpaired) electrons. The Hall–Kier alpha value is -1.92. The molecule has 124 valence electrons. The third kappa shape index (κ3) is 2.59. The van der Waals surface area contributed by atoms with E-state index in [1.165, 1.54) is 33.2 Å². The fraction of sp³-hybridized carbons (Fsp3) is 0.190. The van der Waals surface area contributed by atoms with Crippen molar-refractivity contribution in [2.75, 3.05) is 0 Å². The van der Waals surface area contributed by atoms with Crippen LogP contribution < -0.4 is 0 Å². The number of aryl methyl sites for hydroxylation is 4. The largest absolute Gasteiger partial charge is 0.347 e. The summed E-state index contributed by atoms with van der Waals surface area (Å²) in [6.45, 7) is 8.56. The molecule has 0 N–H and O–H groups in total. The molecule has 0 bridgehead atoms. The van der Waals surface area contributed by atoms with Gasteiger partial charge in [-0.3, -0.25) is 4.98 Å². The molecule has 4 rings (SSSR count). The van der Waals surface area contributed by atoms with Crippen molar-refractivity contribution in [2.24, 2.45) is 0 Å². The minimum atomic E-state index is 0. The average molecular weight is 494 g/mol. The average Bonchev–Trinajstić information content (AvgIpc) is 2.87. The number of hydrogen-bond donors (Lipinski definition) is 0. The first-order valence-corrected chi connectivity index (χ1v) is 7.91. The van der Waals surface area contributed by atoms with Gasteiger partial charge in [-0.15, -0.1) is 23.6 Å². The summed E-state index contributed by atoms with van der Waals surface area (Å²) in [5.74, 6) is 0. The second kappa shape index (κ2) is 6.18. The van der Waals surface area contributed by atoms with Gasteiger partial charge in [-0.1, -0.05) is 34.7 Å². The van der Waals surface area contributed by atoms with Crippen LogP contribution in [0.3, 0.4) is 0 Å². The Kier molecular flexibility index (Phi) is 4.36. The molecule has 2 aromatic heterocycles. The van der Waals surface area contributed by atoms with Crippen LogP contribution >= 0.6 is 0 Å². The second-order valence-electron chi connectivity index (χ2n) is 6.38. The van der Waals surface area contributed by atoms with Gasteiger partial charge in [0.15, 0.2) is 0 Å². The number of nitrogens with zero attached hydrogens (tertiary/aromatic N) is 2. The normalized spacial score (nSPS) is 11.0. The van der Waals surface area contributed by atoms with Crippen LogP contribution in [-0.4, -0.2) is 9.38 Å². The Morgan fingerprint density at radius 1 is 1.00 bits per heavy atom. The van der Waals surface area contributed by atoms with E-state index in [-0.39, 0.29) is 21.1 Å². The first kappa shape index (κ1) is 16.9. The van der Waals surface area contributed by atoms with E-state index < -0.39 is 0 Å². The molecular formula is C21H19N2Pt-. The minimum Gasteiger partial charge on any atom is -0.347 e. The Labute approximate surface area is 156 Å². The maximum absolute atomic E-state index is 4.67. The van der Waals surface area contributed by atoms with Gasteiger partial charge in [0.2, 0.25) is 0 Å². The fourth-order valence-corrected chi connectivity index (χ4v) is 3.66. The number of fused-ring (bicyclic) bond motifs is 3. The van der Waals surface area contributed by atoms with Gasteiger partial charge >= 0.3 is 0 Å². The molecule has 0 amide bonds. The predicted octanol–water partition coefficient (Wildman–Crippen LogP) is 5.19. The smallest absolute Gasteiger partial charge is 0.0607 e. The molecule has 0 saturated heterocycles. The molecule has 4 aromatic rings. The van der Waals surface area contributed by atoms with Crippen LogP contribution in [0.15, 0.2) is 42.7 Å². The van der Waals surface area contributed by atoms with Crippen molar-refractivity contribution in [1.29, 1.82) is 0 Å². The van der Waals surface area contributed by atoms with Gasteiger partial charge in [0.05, 0.1) is 5.65 Å². The summed E-state index contributed by atoms with van der Waals surface area (Å²) in [4.78, 5) is 4.67. The SMILES string of the molecule is Cc1cc(C)c(-c2cc[c-]c3c2ccn2cc(C)nc32)c(C)c1.[Pt]. The van der Waals surface area contributed by atoms with Crippen LogP contribution in [-0.2, 0) is 21.1 Å². The van der Waals surface area contributed by atoms with Crippen molar-refractivity contribution in [2.45, 2.75) is 27.7 Å². The van der Waals surface area contributed by atoms with E-state index in [2.05, 4.69) is 72.9 Å². The monoisotopic (exact) mass is 494 g/mol. The summed E-state index contributed by atoms with van der Waals surface area (Å²) in [7, 11) is 0. The van der Waals surface area contributed by atoms with E-state index in [9.17, 15) is 0 Å². The predicted molar refractivity (Wildman–Crippen MR) is 95.9 cm³/mol. The van der Waals surface area contributed by atoms with Crippen LogP contribution in [0.1, 0.15) is 22.4 Å². The van der Waals surface area contributed by atoms with E-state index in [4.69, 9.17) is 0 Å². The Bertz CT molecular complexity index is 1040. The van der Waals surface area contributed by atoms with Crippen molar-refractivity contribution < 1.29 is 21.1 Å². The summed E-state index contributed by atoms with van der Waals surface area (Å²) in [6.07, 6.45) is 4.14. The van der Waals surface area contributed by atoms with Gasteiger partial charge < -0.3 is 4.40 Å². The molecule has 2 nitrogen and oxygen atoms in total. The van der Waals surface area contributed by atoms with E-state index in [0.29, 0.717) is 0 Å². The third-order valence-corrected chi connectivity index (χ3v) is 4.46. The first-order chi connectivity index (χ1) is 11.0. The summed E-state index contributed by atoms with van der Waals surface area (Å²) in [5.41, 5.74) is 8.52. The van der Waals surface area contributed by atoms with Crippen molar-refractivity contribution in [3.63, 3.8) is 0 Å². The molecule has 0 saturated carbocycles. The zero-order chi connectivity index (χ0) is 16.1. The third-order valence-electron chi connectivity index (χ3n) is 4.46. The van der Waals surface area contributed by atoms with Crippen molar-refractivity contribution in [3.05, 3.63) is 71.2 Å². The molecule has 0 fully saturated rings. The molecule has 0 spiro atoms. The molecule has 2 heterocycles. The summed E-state index contributed by atoms with van der Waals surface area (Å²) in [6, 6.07) is 14.2. The first-order valence-electron chi connectivity index (χ1n) is 7.91. The van der Waals surface area contributed by atoms with Crippen LogP contribution in [0, 0.1) is 33.8 Å². The van der Waals surface area contributed by atoms with Crippen LogP contribution in [0.25, 0.3) is 27.5 Å². The number of hydrogen-bond acceptors (Lipinski definition) is 1.